The zero-order chi connectivity index (χ0) is 22.9. The molecule has 7 nitrogen and oxygen atoms in total. The van der Waals surface area contributed by atoms with Gasteiger partial charge in [-0.3, -0.25) is 9.59 Å². The highest BCUT2D eigenvalue weighted by atomic mass is 16.6. The fourth-order valence-electron chi connectivity index (χ4n) is 6.97. The van der Waals surface area contributed by atoms with Gasteiger partial charge in [-0.05, 0) is 51.9 Å². The number of carbonyl (C=O) groups is 2. The predicted molar refractivity (Wildman–Crippen MR) is 112 cm³/mol. The Labute approximate surface area is 185 Å². The van der Waals surface area contributed by atoms with Crippen molar-refractivity contribution in [2.24, 2.45) is 23.7 Å². The lowest BCUT2D eigenvalue weighted by Crippen LogP contribution is -2.54. The molecular formula is C24H38O7. The fourth-order valence-corrected chi connectivity index (χ4v) is 6.97. The summed E-state index contributed by atoms with van der Waals surface area (Å²) in [5.41, 5.74) is -2.44. The van der Waals surface area contributed by atoms with Gasteiger partial charge in [0, 0.05) is 32.1 Å². The topological polar surface area (TPSA) is 94.6 Å². The summed E-state index contributed by atoms with van der Waals surface area (Å²) < 4.78 is 24.5. The van der Waals surface area contributed by atoms with Crippen LogP contribution in [0, 0.1) is 23.7 Å². The molecule has 0 radical (unpaired) electrons. The van der Waals surface area contributed by atoms with Crippen LogP contribution in [0.2, 0.25) is 0 Å². The lowest BCUT2D eigenvalue weighted by Gasteiger charge is -2.45. The molecule has 0 aromatic heterocycles. The molecule has 0 aromatic carbocycles. The summed E-state index contributed by atoms with van der Waals surface area (Å²) in [5.74, 6) is 0.275. The number of hydrogen-bond donors (Lipinski definition) is 1. The van der Waals surface area contributed by atoms with E-state index < -0.39 is 23.3 Å². The van der Waals surface area contributed by atoms with E-state index in [-0.39, 0.29) is 41.7 Å². The van der Waals surface area contributed by atoms with Crippen LogP contribution < -0.4 is 0 Å². The van der Waals surface area contributed by atoms with Crippen molar-refractivity contribution in [1.82, 2.24) is 0 Å². The summed E-state index contributed by atoms with van der Waals surface area (Å²) in [7, 11) is 0. The van der Waals surface area contributed by atoms with Gasteiger partial charge in [-0.25, -0.2) is 0 Å². The van der Waals surface area contributed by atoms with Crippen molar-refractivity contribution in [3.05, 3.63) is 0 Å². The smallest absolute Gasteiger partial charge is 0.303 e. The number of ether oxygens (including phenoxy) is 4. The molecule has 7 heteroatoms. The highest BCUT2D eigenvalue weighted by Crippen LogP contribution is 2.64. The third kappa shape index (κ3) is 3.80. The predicted octanol–water partition coefficient (Wildman–Crippen LogP) is 3.01. The number of esters is 2. The van der Waals surface area contributed by atoms with Crippen LogP contribution in [0.15, 0.2) is 0 Å². The molecule has 0 spiro atoms. The van der Waals surface area contributed by atoms with Crippen molar-refractivity contribution in [2.45, 2.75) is 115 Å². The lowest BCUT2D eigenvalue weighted by molar-refractivity contribution is -0.180. The monoisotopic (exact) mass is 438 g/mol. The van der Waals surface area contributed by atoms with Gasteiger partial charge >= 0.3 is 11.9 Å². The molecule has 3 heterocycles. The standard InChI is InChI=1S/C24H38O7/c1-12(2)15-10-18-24(7,31-18)20-16-11-22(5,27)17(28-13(3)25)8-9-23(6,30-14(4)26)21(29-16)19(15)20/h12,15-21,27H,8-11H2,1-7H3/t15-,16-,17+,18+,19-,20-,21-,22+,23-,24+/m1/s1. The first-order valence-electron chi connectivity index (χ1n) is 11.7. The van der Waals surface area contributed by atoms with E-state index >= 15 is 0 Å². The molecule has 3 saturated heterocycles. The zero-order valence-corrected chi connectivity index (χ0v) is 19.8. The average molecular weight is 439 g/mol. The summed E-state index contributed by atoms with van der Waals surface area (Å²) in [6.07, 6.45) is 1.08. The normalized spacial score (nSPS) is 51.1. The van der Waals surface area contributed by atoms with Crippen molar-refractivity contribution in [2.75, 3.05) is 0 Å². The second-order valence-corrected chi connectivity index (χ2v) is 11.2. The minimum Gasteiger partial charge on any atom is -0.460 e. The SMILES string of the molecule is CC(=O)O[C@H]1CC[C@@](C)(OC(C)=O)[C@@H]2O[C@H](C[C@]1(C)O)[C@@H]1[C@H]2[C@@H](C(C)C)C[C@@H]2O[C@]12C. The fraction of sp³-hybridized carbons (Fsp3) is 0.917. The molecular weight excluding hydrogens is 400 g/mol. The van der Waals surface area contributed by atoms with Crippen LogP contribution in [-0.2, 0) is 28.5 Å². The molecule has 4 rings (SSSR count). The first-order chi connectivity index (χ1) is 14.3. The Morgan fingerprint density at radius 3 is 2.39 bits per heavy atom. The minimum atomic E-state index is -1.26. The van der Waals surface area contributed by atoms with E-state index in [1.54, 1.807) is 6.92 Å². The van der Waals surface area contributed by atoms with E-state index in [1.165, 1.54) is 13.8 Å². The first kappa shape index (κ1) is 23.0. The molecule has 1 N–H and O–H groups in total. The van der Waals surface area contributed by atoms with Gasteiger partial charge in [-0.15, -0.1) is 0 Å². The van der Waals surface area contributed by atoms with Gasteiger partial charge in [0.2, 0.25) is 0 Å². The maximum atomic E-state index is 12.1. The van der Waals surface area contributed by atoms with Gasteiger partial charge in [-0.1, -0.05) is 13.8 Å². The third-order valence-corrected chi connectivity index (χ3v) is 8.46. The number of epoxide rings is 1. The van der Waals surface area contributed by atoms with Gasteiger partial charge in [0.1, 0.15) is 23.4 Å². The first-order valence-corrected chi connectivity index (χ1v) is 11.7. The molecule has 1 saturated carbocycles. The zero-order valence-electron chi connectivity index (χ0n) is 19.8. The summed E-state index contributed by atoms with van der Waals surface area (Å²) in [6, 6.07) is 0. The van der Waals surface area contributed by atoms with Crippen LogP contribution in [-0.4, -0.2) is 58.3 Å². The van der Waals surface area contributed by atoms with Crippen LogP contribution in [0.3, 0.4) is 0 Å². The van der Waals surface area contributed by atoms with Gasteiger partial charge < -0.3 is 24.1 Å². The van der Waals surface area contributed by atoms with E-state index in [1.807, 2.05) is 6.92 Å². The van der Waals surface area contributed by atoms with E-state index in [2.05, 4.69) is 20.8 Å². The Kier molecular flexibility index (Phi) is 5.51. The van der Waals surface area contributed by atoms with Crippen molar-refractivity contribution in [3.63, 3.8) is 0 Å². The van der Waals surface area contributed by atoms with Gasteiger partial charge in [0.15, 0.2) is 0 Å². The molecule has 2 bridgehead atoms. The van der Waals surface area contributed by atoms with E-state index in [0.29, 0.717) is 31.1 Å². The largest absolute Gasteiger partial charge is 0.460 e. The van der Waals surface area contributed by atoms with Crippen molar-refractivity contribution < 1.29 is 33.6 Å². The van der Waals surface area contributed by atoms with Gasteiger partial charge in [-0.2, -0.15) is 0 Å². The van der Waals surface area contributed by atoms with Crippen LogP contribution in [0.1, 0.15) is 74.1 Å². The summed E-state index contributed by atoms with van der Waals surface area (Å²) in [4.78, 5) is 23.9. The molecule has 4 fully saturated rings. The van der Waals surface area contributed by atoms with Crippen molar-refractivity contribution in [3.8, 4) is 0 Å². The molecule has 0 amide bonds. The highest BCUT2D eigenvalue weighted by molar-refractivity contribution is 5.67. The maximum absolute atomic E-state index is 12.1. The van der Waals surface area contributed by atoms with Crippen LogP contribution in [0.25, 0.3) is 0 Å². The van der Waals surface area contributed by atoms with Crippen LogP contribution in [0.5, 0.6) is 0 Å². The molecule has 176 valence electrons. The van der Waals surface area contributed by atoms with Gasteiger partial charge in [0.25, 0.3) is 0 Å². The van der Waals surface area contributed by atoms with E-state index in [0.717, 1.165) is 6.42 Å². The van der Waals surface area contributed by atoms with E-state index in [4.69, 9.17) is 18.9 Å². The number of aliphatic hydroxyl groups is 1. The summed E-state index contributed by atoms with van der Waals surface area (Å²) in [6.45, 7) is 13.0. The number of carbonyl (C=O) groups excluding carboxylic acids is 2. The summed E-state index contributed by atoms with van der Waals surface area (Å²) in [5, 5.41) is 11.4. The minimum absolute atomic E-state index is 0.0843. The molecule has 0 unspecified atom stereocenters. The Hall–Kier alpha value is -1.18. The van der Waals surface area contributed by atoms with Crippen LogP contribution >= 0.6 is 0 Å². The molecule has 31 heavy (non-hydrogen) atoms. The second-order valence-electron chi connectivity index (χ2n) is 11.2. The third-order valence-electron chi connectivity index (χ3n) is 8.46. The Bertz CT molecular complexity index is 748. The Morgan fingerprint density at radius 1 is 1.13 bits per heavy atom. The van der Waals surface area contributed by atoms with Crippen LogP contribution in [0.4, 0.5) is 0 Å². The quantitative estimate of drug-likeness (QED) is 0.535. The molecule has 1 aliphatic carbocycles. The lowest BCUT2D eigenvalue weighted by atomic mass is 9.58. The van der Waals surface area contributed by atoms with Crippen molar-refractivity contribution in [1.29, 1.82) is 0 Å². The van der Waals surface area contributed by atoms with Crippen molar-refractivity contribution >= 4 is 11.9 Å². The molecule has 3 aliphatic heterocycles. The van der Waals surface area contributed by atoms with E-state index in [9.17, 15) is 14.7 Å². The summed E-state index contributed by atoms with van der Waals surface area (Å²) >= 11 is 0. The highest BCUT2D eigenvalue weighted by Gasteiger charge is 2.73. The average Bonchev–Trinajstić information content (AvgIpc) is 3.13. The molecule has 4 aliphatic rings. The molecule has 10 atom stereocenters. The van der Waals surface area contributed by atoms with Gasteiger partial charge in [0.05, 0.1) is 17.8 Å². The maximum Gasteiger partial charge on any atom is 0.303 e. The Morgan fingerprint density at radius 2 is 1.81 bits per heavy atom. The molecule has 0 aromatic rings. The number of fused-ring (bicyclic) bond motifs is 7. The second kappa shape index (κ2) is 7.42. The number of hydrogen-bond acceptors (Lipinski definition) is 7. The number of rotatable bonds is 3. The Balaban J connectivity index is 1.78.